The van der Waals surface area contributed by atoms with E-state index in [1.54, 1.807) is 4.90 Å². The molecule has 0 aliphatic carbocycles. The van der Waals surface area contributed by atoms with E-state index in [1.807, 2.05) is 31.2 Å². The summed E-state index contributed by atoms with van der Waals surface area (Å²) in [5.41, 5.74) is 2.09. The summed E-state index contributed by atoms with van der Waals surface area (Å²) in [6.45, 7) is 5.05. The molecule has 1 unspecified atom stereocenters. The van der Waals surface area contributed by atoms with Crippen LogP contribution in [0.25, 0.3) is 0 Å². The Kier molecular flexibility index (Phi) is 4.20. The molecule has 1 saturated heterocycles. The summed E-state index contributed by atoms with van der Waals surface area (Å²) in [7, 11) is 0. The molecule has 2 rings (SSSR count). The Balaban J connectivity index is 2.18. The average Bonchev–Trinajstić information content (AvgIpc) is 2.81. The molecule has 4 nitrogen and oxygen atoms in total. The van der Waals surface area contributed by atoms with Gasteiger partial charge in [0.2, 0.25) is 11.8 Å². The summed E-state index contributed by atoms with van der Waals surface area (Å²) in [4.78, 5) is 25.7. The zero-order valence-corrected chi connectivity index (χ0v) is 11.5. The Morgan fingerprint density at radius 2 is 2.11 bits per heavy atom. The van der Waals surface area contributed by atoms with Crippen molar-refractivity contribution in [2.75, 3.05) is 18.0 Å². The number of carbonyl (C=O) groups excluding carboxylic acids is 2. The van der Waals surface area contributed by atoms with Gasteiger partial charge in [-0.3, -0.25) is 9.59 Å². The van der Waals surface area contributed by atoms with Gasteiger partial charge in [0.1, 0.15) is 0 Å². The second-order valence-electron chi connectivity index (χ2n) is 4.78. The molecule has 1 aromatic carbocycles. The number of amides is 2. The van der Waals surface area contributed by atoms with Crippen molar-refractivity contribution in [3.05, 3.63) is 29.8 Å². The Labute approximate surface area is 113 Å². The van der Waals surface area contributed by atoms with Crippen LogP contribution in [0.2, 0.25) is 0 Å². The Hall–Kier alpha value is -1.84. The van der Waals surface area contributed by atoms with Crippen molar-refractivity contribution in [1.29, 1.82) is 0 Å². The number of nitrogens with one attached hydrogen (secondary N) is 1. The lowest BCUT2D eigenvalue weighted by Crippen LogP contribution is -2.32. The van der Waals surface area contributed by atoms with E-state index in [9.17, 15) is 9.59 Å². The molecule has 0 spiro atoms. The van der Waals surface area contributed by atoms with Gasteiger partial charge in [-0.1, -0.05) is 25.1 Å². The van der Waals surface area contributed by atoms with Gasteiger partial charge in [-0.2, -0.15) is 0 Å². The molecule has 0 bridgehead atoms. The second-order valence-corrected chi connectivity index (χ2v) is 4.78. The van der Waals surface area contributed by atoms with E-state index in [-0.39, 0.29) is 17.7 Å². The van der Waals surface area contributed by atoms with Gasteiger partial charge in [0.25, 0.3) is 0 Å². The molecular formula is C15H20N2O2. The van der Waals surface area contributed by atoms with Crippen LogP contribution in [0.3, 0.4) is 0 Å². The smallest absolute Gasteiger partial charge is 0.227 e. The molecule has 1 atom stereocenters. The number of rotatable bonds is 4. The van der Waals surface area contributed by atoms with Crippen molar-refractivity contribution in [1.82, 2.24) is 5.32 Å². The molecule has 1 aliphatic rings. The lowest BCUT2D eigenvalue weighted by Gasteiger charge is -2.19. The normalized spacial score (nSPS) is 18.7. The van der Waals surface area contributed by atoms with Crippen molar-refractivity contribution < 1.29 is 9.59 Å². The van der Waals surface area contributed by atoms with Gasteiger partial charge in [-0.25, -0.2) is 0 Å². The number of aryl methyl sites for hydroxylation is 1. The third-order valence-electron chi connectivity index (χ3n) is 3.51. The van der Waals surface area contributed by atoms with E-state index in [2.05, 4.69) is 12.2 Å². The zero-order valence-electron chi connectivity index (χ0n) is 11.5. The maximum atomic E-state index is 12.1. The first-order valence-electron chi connectivity index (χ1n) is 6.83. The molecule has 1 aliphatic heterocycles. The maximum absolute atomic E-state index is 12.1. The molecule has 0 saturated carbocycles. The Morgan fingerprint density at radius 1 is 1.37 bits per heavy atom. The third kappa shape index (κ3) is 2.78. The fourth-order valence-corrected chi connectivity index (χ4v) is 2.51. The number of anilines is 1. The van der Waals surface area contributed by atoms with Gasteiger partial charge >= 0.3 is 0 Å². The highest BCUT2D eigenvalue weighted by atomic mass is 16.2. The number of benzene rings is 1. The molecule has 0 radical (unpaired) electrons. The van der Waals surface area contributed by atoms with E-state index in [1.165, 1.54) is 0 Å². The molecule has 2 amide bonds. The minimum atomic E-state index is -0.225. The topological polar surface area (TPSA) is 49.4 Å². The number of carbonyl (C=O) groups is 2. The van der Waals surface area contributed by atoms with Gasteiger partial charge in [0, 0.05) is 25.2 Å². The molecule has 0 aromatic heterocycles. The fraction of sp³-hybridized carbons (Fsp3) is 0.467. The van der Waals surface area contributed by atoms with Gasteiger partial charge in [-0.15, -0.1) is 0 Å². The first-order valence-corrected chi connectivity index (χ1v) is 6.83. The predicted molar refractivity (Wildman–Crippen MR) is 75.0 cm³/mol. The number of hydrogen-bond acceptors (Lipinski definition) is 2. The number of hydrogen-bond donors (Lipinski definition) is 1. The minimum absolute atomic E-state index is 0.0210. The van der Waals surface area contributed by atoms with Gasteiger partial charge < -0.3 is 10.2 Å². The molecule has 102 valence electrons. The van der Waals surface area contributed by atoms with Gasteiger partial charge in [-0.05, 0) is 25.0 Å². The summed E-state index contributed by atoms with van der Waals surface area (Å²) in [6.07, 6.45) is 1.19. The van der Waals surface area contributed by atoms with Crippen LogP contribution in [-0.2, 0) is 16.0 Å². The van der Waals surface area contributed by atoms with E-state index in [0.29, 0.717) is 19.5 Å². The lowest BCUT2D eigenvalue weighted by molar-refractivity contribution is -0.126. The Morgan fingerprint density at radius 3 is 2.79 bits per heavy atom. The summed E-state index contributed by atoms with van der Waals surface area (Å²) in [5.74, 6) is -0.207. The summed E-state index contributed by atoms with van der Waals surface area (Å²) < 4.78 is 0. The predicted octanol–water partition coefficient (Wildman–Crippen LogP) is 1.74. The maximum Gasteiger partial charge on any atom is 0.227 e. The molecule has 4 heteroatoms. The highest BCUT2D eigenvalue weighted by Gasteiger charge is 2.35. The van der Waals surface area contributed by atoms with Crippen LogP contribution in [0, 0.1) is 5.92 Å². The standard InChI is InChI=1S/C15H20N2O2/c1-3-11-7-5-6-8-13(11)17-10-12(9-14(17)18)15(19)16-4-2/h5-8,12H,3-4,9-10H2,1-2H3,(H,16,19). The van der Waals surface area contributed by atoms with Crippen LogP contribution in [0.15, 0.2) is 24.3 Å². The van der Waals surface area contributed by atoms with Crippen LogP contribution in [-0.4, -0.2) is 24.9 Å². The average molecular weight is 260 g/mol. The van der Waals surface area contributed by atoms with Crippen molar-refractivity contribution in [2.45, 2.75) is 26.7 Å². The summed E-state index contributed by atoms with van der Waals surface area (Å²) in [5, 5.41) is 2.79. The molecule has 1 aromatic rings. The third-order valence-corrected chi connectivity index (χ3v) is 3.51. The zero-order chi connectivity index (χ0) is 13.8. The Bertz CT molecular complexity index is 485. The highest BCUT2D eigenvalue weighted by Crippen LogP contribution is 2.28. The van der Waals surface area contributed by atoms with E-state index in [4.69, 9.17) is 0 Å². The van der Waals surface area contributed by atoms with E-state index >= 15 is 0 Å². The summed E-state index contributed by atoms with van der Waals surface area (Å²) in [6, 6.07) is 7.89. The first-order chi connectivity index (χ1) is 9.17. The molecule has 1 heterocycles. The molecule has 1 fully saturated rings. The highest BCUT2D eigenvalue weighted by molar-refractivity contribution is 6.00. The van der Waals surface area contributed by atoms with E-state index < -0.39 is 0 Å². The van der Waals surface area contributed by atoms with Crippen LogP contribution < -0.4 is 10.2 Å². The van der Waals surface area contributed by atoms with Crippen LogP contribution in [0.1, 0.15) is 25.8 Å². The fourth-order valence-electron chi connectivity index (χ4n) is 2.51. The van der Waals surface area contributed by atoms with Crippen molar-refractivity contribution >= 4 is 17.5 Å². The first kappa shape index (κ1) is 13.6. The summed E-state index contributed by atoms with van der Waals surface area (Å²) >= 11 is 0. The minimum Gasteiger partial charge on any atom is -0.356 e. The van der Waals surface area contributed by atoms with Crippen molar-refractivity contribution in [3.8, 4) is 0 Å². The quantitative estimate of drug-likeness (QED) is 0.896. The largest absolute Gasteiger partial charge is 0.356 e. The molecule has 1 N–H and O–H groups in total. The SMILES string of the molecule is CCNC(=O)C1CC(=O)N(c2ccccc2CC)C1. The van der Waals surface area contributed by atoms with E-state index in [0.717, 1.165) is 17.7 Å². The second kappa shape index (κ2) is 5.87. The van der Waals surface area contributed by atoms with Crippen molar-refractivity contribution in [2.24, 2.45) is 5.92 Å². The lowest BCUT2D eigenvalue weighted by atomic mass is 10.1. The molecule has 19 heavy (non-hydrogen) atoms. The van der Waals surface area contributed by atoms with Crippen LogP contribution in [0.4, 0.5) is 5.69 Å². The van der Waals surface area contributed by atoms with Crippen LogP contribution >= 0.6 is 0 Å². The monoisotopic (exact) mass is 260 g/mol. The van der Waals surface area contributed by atoms with Crippen molar-refractivity contribution in [3.63, 3.8) is 0 Å². The number of nitrogens with zero attached hydrogens (tertiary/aromatic N) is 1. The van der Waals surface area contributed by atoms with Gasteiger partial charge in [0.05, 0.1) is 5.92 Å². The number of para-hydroxylation sites is 1. The van der Waals surface area contributed by atoms with Crippen LogP contribution in [0.5, 0.6) is 0 Å². The molecular weight excluding hydrogens is 240 g/mol. The van der Waals surface area contributed by atoms with Gasteiger partial charge in [0.15, 0.2) is 0 Å².